The molecule has 7 heteroatoms. The van der Waals surface area contributed by atoms with E-state index in [0.29, 0.717) is 25.0 Å². The van der Waals surface area contributed by atoms with E-state index in [-0.39, 0.29) is 11.3 Å². The van der Waals surface area contributed by atoms with E-state index in [1.165, 1.54) is 60.8 Å². The van der Waals surface area contributed by atoms with Crippen LogP contribution in [0, 0.1) is 17.8 Å². The Bertz CT molecular complexity index is 1210. The van der Waals surface area contributed by atoms with Crippen LogP contribution in [0.2, 0.25) is 10.0 Å². The lowest BCUT2D eigenvalue weighted by atomic mass is 9.48. The first kappa shape index (κ1) is 22.9. The van der Waals surface area contributed by atoms with Crippen molar-refractivity contribution in [3.8, 4) is 5.75 Å². The summed E-state index contributed by atoms with van der Waals surface area (Å²) in [6, 6.07) is 11.6. The maximum Gasteiger partial charge on any atom is 0.270 e. The Kier molecular flexibility index (Phi) is 5.76. The van der Waals surface area contributed by atoms with Crippen LogP contribution in [0.1, 0.15) is 49.7 Å². The van der Waals surface area contributed by atoms with Gasteiger partial charge in [0, 0.05) is 10.6 Å². The van der Waals surface area contributed by atoms with Crippen molar-refractivity contribution in [1.29, 1.82) is 0 Å². The molecule has 3 nitrogen and oxygen atoms in total. The van der Waals surface area contributed by atoms with Gasteiger partial charge in [0.1, 0.15) is 5.75 Å². The number of ether oxygens (including phenoxy) is 1. The number of methoxy groups -OCH3 is 1. The quantitative estimate of drug-likeness (QED) is 0.297. The maximum atomic E-state index is 13.4. The Hall–Kier alpha value is -1.53. The fourth-order valence-electron chi connectivity index (χ4n) is 7.12. The largest absolute Gasteiger partial charge is 0.496 e. The van der Waals surface area contributed by atoms with Gasteiger partial charge in [-0.25, -0.2) is 0 Å². The van der Waals surface area contributed by atoms with Crippen LogP contribution >= 0.6 is 47.2 Å². The van der Waals surface area contributed by atoms with Crippen molar-refractivity contribution in [2.75, 3.05) is 12.0 Å². The van der Waals surface area contributed by atoms with Gasteiger partial charge in [0.15, 0.2) is 4.32 Å². The molecular formula is C27H25Cl2NO2S2. The van der Waals surface area contributed by atoms with Crippen molar-refractivity contribution in [2.45, 2.75) is 43.9 Å². The molecule has 4 aliphatic carbocycles. The Labute approximate surface area is 219 Å². The number of amides is 1. The SMILES string of the molecule is COc1ccc(C23CC4CC(CC(C4)C2)C3)cc1/C=C1\SC(=S)N(c2ccc(Cl)cc2Cl)C1=O. The predicted octanol–water partition coefficient (Wildman–Crippen LogP) is 7.88. The van der Waals surface area contributed by atoms with Gasteiger partial charge in [-0.15, -0.1) is 0 Å². The average Bonchev–Trinajstić information content (AvgIpc) is 3.06. The smallest absolute Gasteiger partial charge is 0.270 e. The normalized spacial score (nSPS) is 31.1. The first-order chi connectivity index (χ1) is 16.3. The molecule has 0 unspecified atom stereocenters. The summed E-state index contributed by atoms with van der Waals surface area (Å²) in [6.07, 6.45) is 10.0. The minimum atomic E-state index is -0.179. The first-order valence-corrected chi connectivity index (χ1v) is 13.7. The number of hydrogen-bond acceptors (Lipinski definition) is 4. The minimum absolute atomic E-state index is 0.179. The van der Waals surface area contributed by atoms with Crippen LogP contribution in [0.15, 0.2) is 41.3 Å². The zero-order valence-corrected chi connectivity index (χ0v) is 22.0. The van der Waals surface area contributed by atoms with Gasteiger partial charge >= 0.3 is 0 Å². The third-order valence-electron chi connectivity index (χ3n) is 8.11. The fraction of sp³-hybridized carbons (Fsp3) is 0.407. The molecule has 1 heterocycles. The molecule has 7 rings (SSSR count). The van der Waals surface area contributed by atoms with E-state index in [2.05, 4.69) is 18.2 Å². The van der Waals surface area contributed by atoms with Gasteiger partial charge in [0.05, 0.1) is 22.7 Å². The predicted molar refractivity (Wildman–Crippen MR) is 145 cm³/mol. The van der Waals surface area contributed by atoms with Gasteiger partial charge in [-0.3, -0.25) is 9.69 Å². The van der Waals surface area contributed by atoms with Crippen molar-refractivity contribution < 1.29 is 9.53 Å². The number of halogens is 2. The number of hydrogen-bond donors (Lipinski definition) is 0. The molecule has 4 bridgehead atoms. The van der Waals surface area contributed by atoms with Gasteiger partial charge in [-0.05, 0) is 104 Å². The van der Waals surface area contributed by atoms with Crippen LogP contribution in [0.4, 0.5) is 5.69 Å². The highest BCUT2D eigenvalue weighted by atomic mass is 35.5. The molecule has 0 N–H and O–H groups in total. The summed E-state index contributed by atoms with van der Waals surface area (Å²) in [4.78, 5) is 15.4. The van der Waals surface area contributed by atoms with Gasteiger partial charge in [0.25, 0.3) is 5.91 Å². The maximum absolute atomic E-state index is 13.4. The first-order valence-electron chi connectivity index (χ1n) is 11.8. The molecule has 4 saturated carbocycles. The van der Waals surface area contributed by atoms with Crippen LogP contribution in [0.3, 0.4) is 0 Å². The Balaban J connectivity index is 1.36. The summed E-state index contributed by atoms with van der Waals surface area (Å²) >= 11 is 19.3. The number of rotatable bonds is 4. The number of anilines is 1. The summed E-state index contributed by atoms with van der Waals surface area (Å²) < 4.78 is 6.14. The lowest BCUT2D eigenvalue weighted by molar-refractivity contribution is -0.113. The number of thiocarbonyl (C=S) groups is 1. The second-order valence-electron chi connectivity index (χ2n) is 10.3. The van der Waals surface area contributed by atoms with Crippen molar-refractivity contribution in [3.05, 3.63) is 62.5 Å². The summed E-state index contributed by atoms with van der Waals surface area (Å²) in [7, 11) is 1.68. The molecule has 5 aliphatic rings. The molecule has 0 spiro atoms. The third-order valence-corrected chi connectivity index (χ3v) is 9.95. The van der Waals surface area contributed by atoms with Gasteiger partial charge in [-0.1, -0.05) is 53.2 Å². The highest BCUT2D eigenvalue weighted by molar-refractivity contribution is 8.27. The number of nitrogens with zero attached hydrogens (tertiary/aromatic N) is 1. The number of carbonyl (C=O) groups is 1. The average molecular weight is 531 g/mol. The van der Waals surface area contributed by atoms with E-state index in [1.54, 1.807) is 25.3 Å². The Morgan fingerprint density at radius 2 is 1.74 bits per heavy atom. The summed E-state index contributed by atoms with van der Waals surface area (Å²) in [5.74, 6) is 3.20. The van der Waals surface area contributed by atoms with E-state index < -0.39 is 0 Å². The Morgan fingerprint density at radius 1 is 1.06 bits per heavy atom. The summed E-state index contributed by atoms with van der Waals surface area (Å²) in [6.45, 7) is 0. The molecule has 1 aliphatic heterocycles. The Morgan fingerprint density at radius 3 is 2.35 bits per heavy atom. The van der Waals surface area contributed by atoms with Crippen LogP contribution in [0.5, 0.6) is 5.75 Å². The van der Waals surface area contributed by atoms with Crippen LogP contribution in [-0.4, -0.2) is 17.3 Å². The van der Waals surface area contributed by atoms with E-state index in [9.17, 15) is 4.79 Å². The highest BCUT2D eigenvalue weighted by Gasteiger charge is 2.51. The summed E-state index contributed by atoms with van der Waals surface area (Å²) in [5, 5.41) is 0.910. The lowest BCUT2D eigenvalue weighted by Crippen LogP contribution is -2.48. The molecule has 2 aromatic carbocycles. The molecule has 176 valence electrons. The number of carbonyl (C=O) groups excluding carboxylic acids is 1. The van der Waals surface area contributed by atoms with Crippen molar-refractivity contribution >= 4 is 69.2 Å². The minimum Gasteiger partial charge on any atom is -0.496 e. The summed E-state index contributed by atoms with van der Waals surface area (Å²) in [5.41, 5.74) is 3.15. The standard InChI is InChI=1S/C27H25Cl2NO2S2/c1-32-23-5-2-19(27-12-15-6-16(13-27)8-17(7-15)14-27)9-18(23)10-24-25(31)30(26(33)34-24)22-4-3-20(28)11-21(22)29/h2-5,9-11,15-17H,6-8,12-14H2,1H3/b24-10-. The van der Waals surface area contributed by atoms with Gasteiger partial charge in [0.2, 0.25) is 0 Å². The van der Waals surface area contributed by atoms with E-state index in [4.69, 9.17) is 40.2 Å². The molecule has 0 atom stereocenters. The van der Waals surface area contributed by atoms with Gasteiger partial charge in [-0.2, -0.15) is 0 Å². The number of benzene rings is 2. The second-order valence-corrected chi connectivity index (χ2v) is 12.8. The molecule has 1 amide bonds. The van der Waals surface area contributed by atoms with E-state index in [1.807, 2.05) is 6.08 Å². The van der Waals surface area contributed by atoms with Gasteiger partial charge < -0.3 is 4.74 Å². The molecular weight excluding hydrogens is 505 g/mol. The van der Waals surface area contributed by atoms with Crippen molar-refractivity contribution in [2.24, 2.45) is 17.8 Å². The molecule has 5 fully saturated rings. The second kappa shape index (κ2) is 8.55. The molecule has 0 aromatic heterocycles. The fourth-order valence-corrected chi connectivity index (χ4v) is 8.89. The van der Waals surface area contributed by atoms with Crippen LogP contribution in [0.25, 0.3) is 6.08 Å². The van der Waals surface area contributed by atoms with Crippen LogP contribution in [-0.2, 0) is 10.2 Å². The lowest BCUT2D eigenvalue weighted by Gasteiger charge is -2.57. The molecule has 34 heavy (non-hydrogen) atoms. The highest BCUT2D eigenvalue weighted by Crippen LogP contribution is 2.61. The van der Waals surface area contributed by atoms with E-state index in [0.717, 1.165) is 29.1 Å². The van der Waals surface area contributed by atoms with Crippen LogP contribution < -0.4 is 9.64 Å². The molecule has 1 saturated heterocycles. The zero-order valence-electron chi connectivity index (χ0n) is 18.9. The van der Waals surface area contributed by atoms with Crippen molar-refractivity contribution in [1.82, 2.24) is 0 Å². The third kappa shape index (κ3) is 3.80. The van der Waals surface area contributed by atoms with Crippen molar-refractivity contribution in [3.63, 3.8) is 0 Å². The topological polar surface area (TPSA) is 29.5 Å². The molecule has 0 radical (unpaired) electrons. The number of thioether (sulfide) groups is 1. The molecule has 2 aromatic rings. The van der Waals surface area contributed by atoms with E-state index >= 15 is 0 Å². The monoisotopic (exact) mass is 529 g/mol. The zero-order chi connectivity index (χ0) is 23.6.